The number of Topliss-reactive ketones (excluding diaryl/α,β-unsaturated/α-hetero) is 1. The minimum absolute atomic E-state index is 0.251. The average molecular weight is 359 g/mol. The number of aryl methyl sites for hydroxylation is 1. The van der Waals surface area contributed by atoms with Crippen LogP contribution in [-0.2, 0) is 4.74 Å². The van der Waals surface area contributed by atoms with E-state index >= 15 is 0 Å². The van der Waals surface area contributed by atoms with Gasteiger partial charge >= 0.3 is 5.97 Å². The lowest BCUT2D eigenvalue weighted by molar-refractivity contribution is 0.0525. The predicted octanol–water partition coefficient (Wildman–Crippen LogP) is 2.89. The van der Waals surface area contributed by atoms with Crippen LogP contribution in [0.3, 0.4) is 0 Å². The average Bonchev–Trinajstić information content (AvgIpc) is 2.94. The number of carbonyl (C=O) groups excluding carboxylic acids is 3. The second kappa shape index (κ2) is 8.33. The molecule has 0 saturated heterocycles. The number of rotatable bonds is 8. The lowest BCUT2D eigenvalue weighted by Crippen LogP contribution is -2.14. The smallest absolute Gasteiger partial charge is 0.340 e. The van der Waals surface area contributed by atoms with Gasteiger partial charge in [-0.2, -0.15) is 0 Å². The quantitative estimate of drug-likeness (QED) is 0.442. The number of hydrogen-bond acceptors (Lipinski definition) is 6. The molecule has 1 aromatic heterocycles. The third-order valence-corrected chi connectivity index (χ3v) is 3.90. The summed E-state index contributed by atoms with van der Waals surface area (Å²) in [5, 5.41) is 0. The minimum Gasteiger partial charge on any atom is -0.497 e. The highest BCUT2D eigenvalue weighted by atomic mass is 16.5. The van der Waals surface area contributed by atoms with Crippen LogP contribution in [0.15, 0.2) is 18.2 Å². The van der Waals surface area contributed by atoms with Crippen LogP contribution >= 0.6 is 0 Å². The maximum absolute atomic E-state index is 12.5. The molecule has 0 fully saturated rings. The highest BCUT2D eigenvalue weighted by Crippen LogP contribution is 2.24. The van der Waals surface area contributed by atoms with Crippen molar-refractivity contribution in [3.8, 4) is 11.5 Å². The number of esters is 1. The molecular formula is C19H21NO6. The number of aldehydes is 1. The van der Waals surface area contributed by atoms with Crippen molar-refractivity contribution < 1.29 is 28.6 Å². The van der Waals surface area contributed by atoms with Crippen molar-refractivity contribution in [2.45, 2.75) is 20.8 Å². The SMILES string of the molecule is CCOC(=O)c1c(C)[nH]c(C(=O)COc2ccc(OC)cc2C=O)c1C. The summed E-state index contributed by atoms with van der Waals surface area (Å²) in [5.74, 6) is -0.0210. The first kappa shape index (κ1) is 19.2. The van der Waals surface area contributed by atoms with Crippen LogP contribution in [0.4, 0.5) is 0 Å². The molecule has 0 unspecified atom stereocenters. The maximum Gasteiger partial charge on any atom is 0.340 e. The van der Waals surface area contributed by atoms with E-state index in [2.05, 4.69) is 4.98 Å². The van der Waals surface area contributed by atoms with Gasteiger partial charge in [0.25, 0.3) is 0 Å². The van der Waals surface area contributed by atoms with Crippen molar-refractivity contribution in [2.24, 2.45) is 0 Å². The maximum atomic E-state index is 12.5. The van der Waals surface area contributed by atoms with E-state index in [-0.39, 0.29) is 36.0 Å². The minimum atomic E-state index is -0.475. The first-order valence-electron chi connectivity index (χ1n) is 8.08. The zero-order valence-corrected chi connectivity index (χ0v) is 15.2. The van der Waals surface area contributed by atoms with E-state index in [1.54, 1.807) is 32.9 Å². The number of nitrogens with one attached hydrogen (secondary N) is 1. The molecule has 7 nitrogen and oxygen atoms in total. The molecule has 2 aromatic rings. The van der Waals surface area contributed by atoms with Gasteiger partial charge in [0.05, 0.1) is 30.5 Å². The molecule has 7 heteroatoms. The zero-order chi connectivity index (χ0) is 19.3. The number of methoxy groups -OCH3 is 1. The molecule has 26 heavy (non-hydrogen) atoms. The van der Waals surface area contributed by atoms with Gasteiger partial charge in [-0.25, -0.2) is 4.79 Å². The van der Waals surface area contributed by atoms with Crippen molar-refractivity contribution in [1.82, 2.24) is 4.98 Å². The van der Waals surface area contributed by atoms with E-state index in [9.17, 15) is 14.4 Å². The number of ketones is 1. The molecule has 138 valence electrons. The fraction of sp³-hybridized carbons (Fsp3) is 0.316. The standard InChI is InChI=1S/C19H21NO6/c1-5-25-19(23)17-11(2)18(20-12(17)3)15(22)10-26-16-7-6-14(24-4)8-13(16)9-21/h6-9,20H,5,10H2,1-4H3. The van der Waals surface area contributed by atoms with Gasteiger partial charge < -0.3 is 19.2 Å². The topological polar surface area (TPSA) is 94.7 Å². The fourth-order valence-electron chi connectivity index (χ4n) is 2.63. The van der Waals surface area contributed by atoms with Crippen molar-refractivity contribution in [3.63, 3.8) is 0 Å². The highest BCUT2D eigenvalue weighted by molar-refractivity contribution is 6.02. The lowest BCUT2D eigenvalue weighted by atomic mass is 10.1. The van der Waals surface area contributed by atoms with E-state index in [1.807, 2.05) is 0 Å². The summed E-state index contributed by atoms with van der Waals surface area (Å²) < 4.78 is 15.5. The Labute approximate surface area is 151 Å². The number of ether oxygens (including phenoxy) is 3. The Balaban J connectivity index is 2.18. The van der Waals surface area contributed by atoms with E-state index < -0.39 is 5.97 Å². The molecule has 0 bridgehead atoms. The summed E-state index contributed by atoms with van der Waals surface area (Å²) in [5.41, 5.74) is 1.99. The Morgan fingerprint density at radius 3 is 2.58 bits per heavy atom. The van der Waals surface area contributed by atoms with Crippen molar-refractivity contribution in [1.29, 1.82) is 0 Å². The molecule has 1 N–H and O–H groups in total. The monoisotopic (exact) mass is 359 g/mol. The number of H-pyrrole nitrogens is 1. The molecule has 1 aromatic carbocycles. The van der Waals surface area contributed by atoms with Gasteiger partial charge in [-0.3, -0.25) is 9.59 Å². The Morgan fingerprint density at radius 2 is 1.96 bits per heavy atom. The highest BCUT2D eigenvalue weighted by Gasteiger charge is 2.23. The summed E-state index contributed by atoms with van der Waals surface area (Å²) in [6, 6.07) is 4.72. The van der Waals surface area contributed by atoms with Gasteiger partial charge in [-0.05, 0) is 44.5 Å². The first-order valence-corrected chi connectivity index (χ1v) is 8.08. The third kappa shape index (κ3) is 3.93. The van der Waals surface area contributed by atoms with E-state index in [0.717, 1.165) is 0 Å². The predicted molar refractivity (Wildman–Crippen MR) is 94.4 cm³/mol. The van der Waals surface area contributed by atoms with Gasteiger partial charge in [0.15, 0.2) is 12.9 Å². The number of aromatic amines is 1. The summed E-state index contributed by atoms with van der Waals surface area (Å²) in [7, 11) is 1.49. The van der Waals surface area contributed by atoms with Crippen LogP contribution < -0.4 is 9.47 Å². The normalized spacial score (nSPS) is 10.3. The largest absolute Gasteiger partial charge is 0.497 e. The van der Waals surface area contributed by atoms with E-state index in [0.29, 0.717) is 28.9 Å². The first-order chi connectivity index (χ1) is 12.4. The van der Waals surface area contributed by atoms with Crippen LogP contribution in [0.25, 0.3) is 0 Å². The van der Waals surface area contributed by atoms with Gasteiger partial charge in [0, 0.05) is 5.69 Å². The summed E-state index contributed by atoms with van der Waals surface area (Å²) in [6.07, 6.45) is 0.630. The molecule has 0 amide bonds. The van der Waals surface area contributed by atoms with Crippen molar-refractivity contribution in [3.05, 3.63) is 46.3 Å². The van der Waals surface area contributed by atoms with E-state index in [4.69, 9.17) is 14.2 Å². The molecule has 0 aliphatic heterocycles. The van der Waals surface area contributed by atoms with Crippen LogP contribution in [0, 0.1) is 13.8 Å². The molecule has 0 spiro atoms. The van der Waals surface area contributed by atoms with Gasteiger partial charge in [0.1, 0.15) is 11.5 Å². The number of benzene rings is 1. The molecule has 0 aliphatic rings. The Kier molecular flexibility index (Phi) is 6.16. The van der Waals surface area contributed by atoms with Crippen molar-refractivity contribution >= 4 is 18.0 Å². The molecule has 0 atom stereocenters. The zero-order valence-electron chi connectivity index (χ0n) is 15.2. The van der Waals surface area contributed by atoms with Gasteiger partial charge in [-0.1, -0.05) is 0 Å². The lowest BCUT2D eigenvalue weighted by Gasteiger charge is -2.09. The Morgan fingerprint density at radius 1 is 1.23 bits per heavy atom. The number of hydrogen-bond donors (Lipinski definition) is 1. The molecular weight excluding hydrogens is 338 g/mol. The number of carbonyl (C=O) groups is 3. The van der Waals surface area contributed by atoms with Crippen LogP contribution in [0.1, 0.15) is 49.4 Å². The fourth-order valence-corrected chi connectivity index (χ4v) is 2.63. The molecule has 1 heterocycles. The van der Waals surface area contributed by atoms with Gasteiger partial charge in [0.2, 0.25) is 5.78 Å². The summed E-state index contributed by atoms with van der Waals surface area (Å²) in [4.78, 5) is 38.6. The summed E-state index contributed by atoms with van der Waals surface area (Å²) >= 11 is 0. The Bertz CT molecular complexity index is 837. The van der Waals surface area contributed by atoms with E-state index in [1.165, 1.54) is 13.2 Å². The van der Waals surface area contributed by atoms with Crippen LogP contribution in [0.5, 0.6) is 11.5 Å². The molecule has 0 saturated carbocycles. The molecule has 0 radical (unpaired) electrons. The Hall–Kier alpha value is -3.09. The van der Waals surface area contributed by atoms with Crippen molar-refractivity contribution in [2.75, 3.05) is 20.3 Å². The second-order valence-electron chi connectivity index (χ2n) is 5.58. The second-order valence-corrected chi connectivity index (χ2v) is 5.58. The third-order valence-electron chi connectivity index (χ3n) is 3.90. The summed E-state index contributed by atoms with van der Waals surface area (Å²) in [6.45, 7) is 5.06. The van der Waals surface area contributed by atoms with Gasteiger partial charge in [-0.15, -0.1) is 0 Å². The molecule has 0 aliphatic carbocycles. The number of aromatic nitrogens is 1. The molecule has 2 rings (SSSR count). The van der Waals surface area contributed by atoms with Crippen LogP contribution in [-0.4, -0.2) is 43.3 Å². The van der Waals surface area contributed by atoms with Crippen LogP contribution in [0.2, 0.25) is 0 Å².